The van der Waals surface area contributed by atoms with Crippen LogP contribution in [0.5, 0.6) is 0 Å². The number of urea groups is 1. The second-order valence-electron chi connectivity index (χ2n) is 5.21. The van der Waals surface area contributed by atoms with Gasteiger partial charge in [-0.2, -0.15) is 0 Å². The molecule has 2 heterocycles. The van der Waals surface area contributed by atoms with E-state index in [1.54, 1.807) is 6.20 Å². The van der Waals surface area contributed by atoms with Crippen LogP contribution < -0.4 is 15.5 Å². The monoisotopic (exact) mass is 278 g/mol. The predicted molar refractivity (Wildman–Crippen MR) is 77.7 cm³/mol. The molecule has 6 heteroatoms. The number of carbonyl (C=O) groups excluding carboxylic acids is 1. The van der Waals surface area contributed by atoms with E-state index in [2.05, 4.69) is 15.6 Å². The van der Waals surface area contributed by atoms with Crippen molar-refractivity contribution in [1.29, 1.82) is 0 Å². The van der Waals surface area contributed by atoms with Crippen molar-refractivity contribution in [1.82, 2.24) is 15.6 Å². The van der Waals surface area contributed by atoms with Crippen LogP contribution in [0.1, 0.15) is 12.0 Å². The molecule has 0 radical (unpaired) electrons. The molecule has 0 spiro atoms. The van der Waals surface area contributed by atoms with Gasteiger partial charge in [0.05, 0.1) is 6.61 Å². The summed E-state index contributed by atoms with van der Waals surface area (Å²) in [6.07, 6.45) is 2.77. The first-order valence-corrected chi connectivity index (χ1v) is 6.87. The van der Waals surface area contributed by atoms with Crippen molar-refractivity contribution < 1.29 is 9.53 Å². The molecule has 0 aromatic carbocycles. The van der Waals surface area contributed by atoms with Crippen molar-refractivity contribution in [2.45, 2.75) is 13.0 Å². The minimum atomic E-state index is -0.139. The van der Waals surface area contributed by atoms with E-state index < -0.39 is 0 Å². The summed E-state index contributed by atoms with van der Waals surface area (Å²) < 4.78 is 5.27. The first-order chi connectivity index (χ1) is 9.65. The molecule has 0 aliphatic carbocycles. The molecule has 0 bridgehead atoms. The quantitative estimate of drug-likeness (QED) is 0.842. The summed E-state index contributed by atoms with van der Waals surface area (Å²) in [5.74, 6) is 1.33. The standard InChI is InChI=1S/C14H22N4O2/c1-18(2)13-7-11(3-5-15-13)8-16-14(19)17-9-12-4-6-20-10-12/h3,5,7,12H,4,6,8-10H2,1-2H3,(H2,16,17,19). The molecule has 1 aliphatic heterocycles. The van der Waals surface area contributed by atoms with Gasteiger partial charge >= 0.3 is 6.03 Å². The molecule has 110 valence electrons. The lowest BCUT2D eigenvalue weighted by atomic mass is 10.1. The molecule has 1 atom stereocenters. The Kier molecular flexibility index (Phi) is 5.17. The molecule has 1 aliphatic rings. The zero-order valence-corrected chi connectivity index (χ0v) is 12.1. The SMILES string of the molecule is CN(C)c1cc(CNC(=O)NCC2CCOC2)ccn1. The Labute approximate surface area is 119 Å². The first-order valence-electron chi connectivity index (χ1n) is 6.87. The summed E-state index contributed by atoms with van der Waals surface area (Å²) in [4.78, 5) is 17.9. The topological polar surface area (TPSA) is 66.5 Å². The molecular formula is C14H22N4O2. The number of anilines is 1. The van der Waals surface area contributed by atoms with Crippen LogP contribution in [-0.2, 0) is 11.3 Å². The van der Waals surface area contributed by atoms with Gasteiger partial charge in [-0.05, 0) is 24.1 Å². The highest BCUT2D eigenvalue weighted by Gasteiger charge is 2.16. The second-order valence-corrected chi connectivity index (χ2v) is 5.21. The fourth-order valence-electron chi connectivity index (χ4n) is 2.04. The largest absolute Gasteiger partial charge is 0.381 e. The third-order valence-corrected chi connectivity index (χ3v) is 3.30. The van der Waals surface area contributed by atoms with E-state index in [4.69, 9.17) is 4.74 Å². The highest BCUT2D eigenvalue weighted by molar-refractivity contribution is 5.73. The van der Waals surface area contributed by atoms with Crippen molar-refractivity contribution in [3.05, 3.63) is 23.9 Å². The smallest absolute Gasteiger partial charge is 0.315 e. The minimum Gasteiger partial charge on any atom is -0.381 e. The van der Waals surface area contributed by atoms with Crippen LogP contribution in [0.2, 0.25) is 0 Å². The average Bonchev–Trinajstić information content (AvgIpc) is 2.96. The van der Waals surface area contributed by atoms with Crippen LogP contribution in [0.4, 0.5) is 10.6 Å². The molecule has 1 aromatic heterocycles. The Balaban J connectivity index is 1.73. The maximum atomic E-state index is 11.7. The summed E-state index contributed by atoms with van der Waals surface area (Å²) in [5.41, 5.74) is 1.03. The number of nitrogens with zero attached hydrogens (tertiary/aromatic N) is 2. The van der Waals surface area contributed by atoms with Crippen LogP contribution in [-0.4, -0.2) is 44.9 Å². The van der Waals surface area contributed by atoms with Gasteiger partial charge in [0, 0.05) is 45.9 Å². The van der Waals surface area contributed by atoms with Crippen LogP contribution in [0, 0.1) is 5.92 Å². The van der Waals surface area contributed by atoms with Gasteiger partial charge in [0.25, 0.3) is 0 Å². The van der Waals surface area contributed by atoms with E-state index in [1.807, 2.05) is 31.1 Å². The summed E-state index contributed by atoms with van der Waals surface area (Å²) >= 11 is 0. The van der Waals surface area contributed by atoms with Crippen molar-refractivity contribution in [3.8, 4) is 0 Å². The molecule has 1 aromatic rings. The Hall–Kier alpha value is -1.82. The average molecular weight is 278 g/mol. The van der Waals surface area contributed by atoms with Crippen LogP contribution in [0.15, 0.2) is 18.3 Å². The second kappa shape index (κ2) is 7.09. The molecule has 2 rings (SSSR count). The minimum absolute atomic E-state index is 0.139. The summed E-state index contributed by atoms with van der Waals surface area (Å²) in [5, 5.41) is 5.73. The highest BCUT2D eigenvalue weighted by Crippen LogP contribution is 2.11. The van der Waals surface area contributed by atoms with Gasteiger partial charge in [-0.1, -0.05) is 0 Å². The number of aromatic nitrogens is 1. The lowest BCUT2D eigenvalue weighted by Gasteiger charge is -2.13. The van der Waals surface area contributed by atoms with E-state index in [-0.39, 0.29) is 6.03 Å². The molecule has 6 nitrogen and oxygen atoms in total. The fraction of sp³-hybridized carbons (Fsp3) is 0.571. The number of pyridine rings is 1. The van der Waals surface area contributed by atoms with Gasteiger partial charge in [-0.25, -0.2) is 9.78 Å². The third-order valence-electron chi connectivity index (χ3n) is 3.30. The normalized spacial score (nSPS) is 17.8. The zero-order valence-electron chi connectivity index (χ0n) is 12.1. The molecule has 0 saturated carbocycles. The van der Waals surface area contributed by atoms with E-state index in [1.165, 1.54) is 0 Å². The number of nitrogens with one attached hydrogen (secondary N) is 2. The zero-order chi connectivity index (χ0) is 14.4. The van der Waals surface area contributed by atoms with Gasteiger partial charge in [-0.15, -0.1) is 0 Å². The highest BCUT2D eigenvalue weighted by atomic mass is 16.5. The van der Waals surface area contributed by atoms with Crippen molar-refractivity contribution in [2.24, 2.45) is 5.92 Å². The first kappa shape index (κ1) is 14.6. The third kappa shape index (κ3) is 4.38. The molecule has 1 saturated heterocycles. The predicted octanol–water partition coefficient (Wildman–Crippen LogP) is 0.983. The molecule has 1 unspecified atom stereocenters. The van der Waals surface area contributed by atoms with Gasteiger partial charge in [0.15, 0.2) is 0 Å². The van der Waals surface area contributed by atoms with Crippen LogP contribution >= 0.6 is 0 Å². The lowest BCUT2D eigenvalue weighted by Crippen LogP contribution is -2.38. The van der Waals surface area contributed by atoms with E-state index in [0.717, 1.165) is 31.0 Å². The molecule has 1 fully saturated rings. The van der Waals surface area contributed by atoms with Gasteiger partial charge in [-0.3, -0.25) is 0 Å². The maximum Gasteiger partial charge on any atom is 0.315 e. The molecular weight excluding hydrogens is 256 g/mol. The number of rotatable bonds is 5. The fourth-order valence-corrected chi connectivity index (χ4v) is 2.04. The molecule has 2 N–H and O–H groups in total. The Morgan fingerprint density at radius 1 is 1.50 bits per heavy atom. The van der Waals surface area contributed by atoms with E-state index in [0.29, 0.717) is 19.0 Å². The summed E-state index contributed by atoms with van der Waals surface area (Å²) in [6, 6.07) is 3.73. The van der Waals surface area contributed by atoms with Crippen molar-refractivity contribution in [3.63, 3.8) is 0 Å². The van der Waals surface area contributed by atoms with Crippen molar-refractivity contribution in [2.75, 3.05) is 38.8 Å². The number of hydrogen-bond acceptors (Lipinski definition) is 4. The molecule has 2 amide bonds. The van der Waals surface area contributed by atoms with Gasteiger partial charge < -0.3 is 20.3 Å². The number of amides is 2. The summed E-state index contributed by atoms with van der Waals surface area (Å²) in [7, 11) is 3.88. The van der Waals surface area contributed by atoms with E-state index in [9.17, 15) is 4.79 Å². The van der Waals surface area contributed by atoms with Crippen LogP contribution in [0.25, 0.3) is 0 Å². The van der Waals surface area contributed by atoms with E-state index >= 15 is 0 Å². The maximum absolute atomic E-state index is 11.7. The lowest BCUT2D eigenvalue weighted by molar-refractivity contribution is 0.185. The molecule has 20 heavy (non-hydrogen) atoms. The van der Waals surface area contributed by atoms with Crippen molar-refractivity contribution >= 4 is 11.8 Å². The number of carbonyl (C=O) groups is 1. The number of ether oxygens (including phenoxy) is 1. The Morgan fingerprint density at radius 2 is 2.35 bits per heavy atom. The van der Waals surface area contributed by atoms with Gasteiger partial charge in [0.2, 0.25) is 0 Å². The summed E-state index contributed by atoms with van der Waals surface area (Å²) in [6.45, 7) is 2.72. The Morgan fingerprint density at radius 3 is 3.05 bits per heavy atom. The van der Waals surface area contributed by atoms with Crippen LogP contribution in [0.3, 0.4) is 0 Å². The number of hydrogen-bond donors (Lipinski definition) is 2. The Bertz CT molecular complexity index is 445. The van der Waals surface area contributed by atoms with Gasteiger partial charge in [0.1, 0.15) is 5.82 Å².